The first-order chi connectivity index (χ1) is 16.7. The Morgan fingerprint density at radius 2 is 1.42 bits per heavy atom. The van der Waals surface area contributed by atoms with E-state index in [-0.39, 0.29) is 16.0 Å². The molecule has 0 amide bonds. The van der Waals surface area contributed by atoms with E-state index < -0.39 is 61.4 Å². The number of Topliss-reactive ketones (excluding diaryl/α,β-unsaturated/α-hetero) is 1. The minimum Gasteiger partial charge on any atom is -0.304 e. The zero-order chi connectivity index (χ0) is 26.9. The quantitative estimate of drug-likeness (QED) is 0.427. The maximum atomic E-state index is 14.7. The Kier molecular flexibility index (Phi) is 8.15. The van der Waals surface area contributed by atoms with Gasteiger partial charge in [0, 0.05) is 11.1 Å². The van der Waals surface area contributed by atoms with Crippen LogP contribution in [-0.4, -0.2) is 40.6 Å². The van der Waals surface area contributed by atoms with Crippen LogP contribution in [0.15, 0.2) is 70.5 Å². The van der Waals surface area contributed by atoms with Crippen molar-refractivity contribution in [3.8, 4) is 0 Å². The molecule has 196 valence electrons. The Hall–Kier alpha value is -2.14. The summed E-state index contributed by atoms with van der Waals surface area (Å²) in [4.78, 5) is 12.6. The molecule has 0 aliphatic heterocycles. The lowest BCUT2D eigenvalue weighted by molar-refractivity contribution is 0.103. The molecule has 2 aromatic rings. The third kappa shape index (κ3) is 5.27. The number of hydrogen-bond donors (Lipinski definition) is 1. The number of ketones is 1. The van der Waals surface area contributed by atoms with Crippen molar-refractivity contribution in [3.63, 3.8) is 0 Å². The second-order valence-electron chi connectivity index (χ2n) is 8.78. The summed E-state index contributed by atoms with van der Waals surface area (Å²) in [6, 6.07) is 13.0. The molecule has 9 nitrogen and oxygen atoms in total. The third-order valence-electron chi connectivity index (χ3n) is 5.31. The van der Waals surface area contributed by atoms with E-state index in [9.17, 15) is 26.2 Å². The molecule has 1 aliphatic rings. The molecule has 0 fully saturated rings. The van der Waals surface area contributed by atoms with Gasteiger partial charge in [-0.3, -0.25) is 9.36 Å². The summed E-state index contributed by atoms with van der Waals surface area (Å²) in [7, 11) is -13.2. The van der Waals surface area contributed by atoms with Gasteiger partial charge in [0.1, 0.15) is 4.91 Å². The molecule has 2 aromatic carbocycles. The number of sulfonamides is 1. The fourth-order valence-corrected chi connectivity index (χ4v) is 9.29. The minimum atomic E-state index is -4.59. The van der Waals surface area contributed by atoms with Crippen LogP contribution in [-0.2, 0) is 38.8 Å². The van der Waals surface area contributed by atoms with Gasteiger partial charge in [-0.2, -0.15) is 4.72 Å². The zero-order valence-corrected chi connectivity index (χ0v) is 23.2. The molecule has 0 saturated carbocycles. The van der Waals surface area contributed by atoms with E-state index in [2.05, 4.69) is 4.72 Å². The van der Waals surface area contributed by atoms with Gasteiger partial charge in [-0.05, 0) is 52.8 Å². The van der Waals surface area contributed by atoms with Crippen molar-refractivity contribution in [1.29, 1.82) is 0 Å². The molecule has 0 bridgehead atoms. The van der Waals surface area contributed by atoms with Crippen molar-refractivity contribution in [3.05, 3.63) is 76.7 Å². The summed E-state index contributed by atoms with van der Waals surface area (Å²) in [6.45, 7) is 7.72. The molecule has 12 heteroatoms. The van der Waals surface area contributed by atoms with Crippen LogP contribution in [0.5, 0.6) is 0 Å². The Balaban J connectivity index is 2.51. The SMILES string of the molecule is CCS(=O)(=O)NC1(P(=O)(OC(C)C)OC(C)C)C=C(S(=O)(=O)c2ccccc2)C(=O)c2ccccc21. The van der Waals surface area contributed by atoms with E-state index in [1.54, 1.807) is 33.8 Å². The number of hydrogen-bond acceptors (Lipinski definition) is 8. The van der Waals surface area contributed by atoms with Crippen molar-refractivity contribution >= 4 is 33.2 Å². The number of carbonyl (C=O) groups excluding carboxylic acids is 1. The summed E-state index contributed by atoms with van der Waals surface area (Å²) in [5, 5.41) is -2.34. The van der Waals surface area contributed by atoms with Crippen LogP contribution in [0, 0.1) is 0 Å². The van der Waals surface area contributed by atoms with E-state index in [1.807, 2.05) is 0 Å². The molecule has 36 heavy (non-hydrogen) atoms. The van der Waals surface area contributed by atoms with Gasteiger partial charge in [0.05, 0.1) is 22.9 Å². The monoisotopic (exact) mass is 555 g/mol. The van der Waals surface area contributed by atoms with Crippen LogP contribution in [0.1, 0.15) is 50.5 Å². The molecule has 0 saturated heterocycles. The summed E-state index contributed by atoms with van der Waals surface area (Å²) in [5.74, 6) is -1.27. The van der Waals surface area contributed by atoms with Crippen molar-refractivity contribution in [1.82, 2.24) is 4.72 Å². The highest BCUT2D eigenvalue weighted by atomic mass is 32.2. The number of sulfone groups is 1. The molecule has 1 unspecified atom stereocenters. The molecule has 1 atom stereocenters. The average Bonchev–Trinajstić information content (AvgIpc) is 2.80. The fraction of sp³-hybridized carbons (Fsp3) is 0.375. The molecular weight excluding hydrogens is 525 g/mol. The molecule has 1 N–H and O–H groups in total. The standard InChI is InChI=1S/C24H30NO8PS2/c1-6-35(28,29)25-24(34(27,32-17(2)3)33-18(4)5)16-22(23(26)20-14-10-11-15-21(20)24)36(30,31)19-12-8-7-9-13-19/h7-18,25H,6H2,1-5H3. The van der Waals surface area contributed by atoms with Crippen molar-refractivity contribution < 1.29 is 35.2 Å². The van der Waals surface area contributed by atoms with Crippen LogP contribution in [0.2, 0.25) is 0 Å². The van der Waals surface area contributed by atoms with Crippen LogP contribution in [0.4, 0.5) is 0 Å². The molecule has 0 radical (unpaired) electrons. The summed E-state index contributed by atoms with van der Waals surface area (Å²) < 4.78 is 82.0. The number of carbonyl (C=O) groups is 1. The predicted molar refractivity (Wildman–Crippen MR) is 137 cm³/mol. The Labute approximate surface area is 212 Å². The average molecular weight is 556 g/mol. The first kappa shape index (κ1) is 28.4. The maximum Gasteiger partial charge on any atom is 0.360 e. The first-order valence-corrected chi connectivity index (χ1v) is 16.0. The molecule has 1 aliphatic carbocycles. The van der Waals surface area contributed by atoms with Crippen LogP contribution < -0.4 is 4.72 Å². The fourth-order valence-electron chi connectivity index (χ4n) is 3.83. The summed E-state index contributed by atoms with van der Waals surface area (Å²) in [6.07, 6.45) is -0.520. The van der Waals surface area contributed by atoms with Gasteiger partial charge in [-0.25, -0.2) is 16.8 Å². The Bertz CT molecular complexity index is 1420. The Morgan fingerprint density at radius 1 is 0.889 bits per heavy atom. The normalized spacial score (nSPS) is 18.9. The lowest BCUT2D eigenvalue weighted by Gasteiger charge is -2.42. The van der Waals surface area contributed by atoms with E-state index in [4.69, 9.17) is 9.05 Å². The van der Waals surface area contributed by atoms with Gasteiger partial charge in [-0.1, -0.05) is 42.5 Å². The van der Waals surface area contributed by atoms with Crippen molar-refractivity contribution in [2.45, 2.75) is 57.0 Å². The topological polar surface area (TPSA) is 133 Å². The first-order valence-electron chi connectivity index (χ1n) is 11.3. The second-order valence-corrected chi connectivity index (χ2v) is 14.8. The van der Waals surface area contributed by atoms with E-state index in [1.165, 1.54) is 55.5 Å². The Morgan fingerprint density at radius 3 is 1.94 bits per heavy atom. The van der Waals surface area contributed by atoms with Gasteiger partial charge in [0.2, 0.25) is 25.6 Å². The number of allylic oxidation sites excluding steroid dienone is 1. The number of rotatable bonds is 10. The predicted octanol–water partition coefficient (Wildman–Crippen LogP) is 4.38. The highest BCUT2D eigenvalue weighted by Crippen LogP contribution is 2.67. The van der Waals surface area contributed by atoms with E-state index >= 15 is 0 Å². The summed E-state index contributed by atoms with van der Waals surface area (Å²) >= 11 is 0. The van der Waals surface area contributed by atoms with Gasteiger partial charge >= 0.3 is 7.60 Å². The van der Waals surface area contributed by atoms with Gasteiger partial charge in [0.15, 0.2) is 5.28 Å². The molecule has 0 spiro atoms. The molecular formula is C24H30NO8PS2. The number of fused-ring (bicyclic) bond motifs is 1. The highest BCUT2D eigenvalue weighted by molar-refractivity contribution is 7.96. The largest absolute Gasteiger partial charge is 0.360 e. The van der Waals surface area contributed by atoms with Crippen molar-refractivity contribution in [2.75, 3.05) is 5.75 Å². The van der Waals surface area contributed by atoms with Gasteiger partial charge < -0.3 is 9.05 Å². The highest BCUT2D eigenvalue weighted by Gasteiger charge is 2.59. The second kappa shape index (κ2) is 10.3. The lowest BCUT2D eigenvalue weighted by Crippen LogP contribution is -2.49. The third-order valence-corrected chi connectivity index (χ3v) is 11.4. The van der Waals surface area contributed by atoms with Crippen LogP contribution in [0.3, 0.4) is 0 Å². The molecule has 0 aromatic heterocycles. The number of benzene rings is 2. The van der Waals surface area contributed by atoms with E-state index in [0.717, 1.165) is 6.08 Å². The zero-order valence-electron chi connectivity index (χ0n) is 20.7. The minimum absolute atomic E-state index is 0.0244. The smallest absolute Gasteiger partial charge is 0.304 e. The van der Waals surface area contributed by atoms with E-state index in [0.29, 0.717) is 0 Å². The number of nitrogens with one attached hydrogen (secondary N) is 1. The van der Waals surface area contributed by atoms with Gasteiger partial charge in [-0.15, -0.1) is 0 Å². The molecule has 3 rings (SSSR count). The van der Waals surface area contributed by atoms with Gasteiger partial charge in [0.25, 0.3) is 0 Å². The van der Waals surface area contributed by atoms with Crippen LogP contribution in [0.25, 0.3) is 0 Å². The summed E-state index contributed by atoms with van der Waals surface area (Å²) in [5.41, 5.74) is -0.156. The maximum absolute atomic E-state index is 14.7. The molecule has 0 heterocycles. The van der Waals surface area contributed by atoms with Crippen LogP contribution >= 0.6 is 7.60 Å². The van der Waals surface area contributed by atoms with Crippen molar-refractivity contribution in [2.24, 2.45) is 0 Å². The lowest BCUT2D eigenvalue weighted by atomic mass is 9.92.